The first-order valence-electron chi connectivity index (χ1n) is 7.92. The molecule has 7 nitrogen and oxygen atoms in total. The Kier molecular flexibility index (Phi) is 3.88. The van der Waals surface area contributed by atoms with Gasteiger partial charge in [0.25, 0.3) is 11.5 Å². The van der Waals surface area contributed by atoms with Gasteiger partial charge in [-0.05, 0) is 13.0 Å². The summed E-state index contributed by atoms with van der Waals surface area (Å²) in [6.07, 6.45) is 2.13. The summed E-state index contributed by atoms with van der Waals surface area (Å²) in [4.78, 5) is 33.6. The molecule has 9 heteroatoms. The number of hydrogen-bond acceptors (Lipinski definition) is 5. The fourth-order valence-corrected chi connectivity index (χ4v) is 4.27. The predicted molar refractivity (Wildman–Crippen MR) is 96.4 cm³/mol. The van der Waals surface area contributed by atoms with Crippen LogP contribution in [-0.4, -0.2) is 43.2 Å². The smallest absolute Gasteiger partial charge is 0.275 e. The van der Waals surface area contributed by atoms with Gasteiger partial charge in [0.1, 0.15) is 10.7 Å². The first-order chi connectivity index (χ1) is 11.9. The molecule has 0 radical (unpaired) electrons. The highest BCUT2D eigenvalue weighted by Crippen LogP contribution is 2.22. The number of aryl methyl sites for hydroxylation is 2. The minimum absolute atomic E-state index is 0.0329. The van der Waals surface area contributed by atoms with Crippen molar-refractivity contribution >= 4 is 39.1 Å². The number of carbonyl (C=O) groups is 1. The molecule has 4 heterocycles. The monoisotopic (exact) mass is 377 g/mol. The SMILES string of the molecule is Cc1cc2c(=O)n3c(nc2s1)CCN(C(=O)c1nn(C)cc1Cl)CC3. The molecule has 0 aromatic carbocycles. The zero-order valence-corrected chi connectivity index (χ0v) is 15.4. The summed E-state index contributed by atoms with van der Waals surface area (Å²) < 4.78 is 3.20. The zero-order chi connectivity index (χ0) is 17.7. The molecule has 130 valence electrons. The summed E-state index contributed by atoms with van der Waals surface area (Å²) in [5.74, 6) is 0.505. The van der Waals surface area contributed by atoms with Crippen LogP contribution in [0, 0.1) is 6.92 Å². The summed E-state index contributed by atoms with van der Waals surface area (Å²) in [6.45, 7) is 3.30. The number of aromatic nitrogens is 4. The topological polar surface area (TPSA) is 73.0 Å². The van der Waals surface area contributed by atoms with Crippen LogP contribution in [0.2, 0.25) is 5.02 Å². The number of halogens is 1. The van der Waals surface area contributed by atoms with Gasteiger partial charge in [-0.3, -0.25) is 18.8 Å². The van der Waals surface area contributed by atoms with Crippen molar-refractivity contribution in [1.82, 2.24) is 24.2 Å². The minimum Gasteiger partial charge on any atom is -0.335 e. The van der Waals surface area contributed by atoms with Crippen molar-refractivity contribution in [2.45, 2.75) is 19.9 Å². The van der Waals surface area contributed by atoms with Gasteiger partial charge in [0.2, 0.25) is 0 Å². The molecule has 0 N–H and O–H groups in total. The molecular formula is C16H16ClN5O2S. The second-order valence-electron chi connectivity index (χ2n) is 6.10. The van der Waals surface area contributed by atoms with Crippen LogP contribution in [0.4, 0.5) is 0 Å². The maximum absolute atomic E-state index is 12.7. The van der Waals surface area contributed by atoms with Crippen molar-refractivity contribution in [1.29, 1.82) is 0 Å². The van der Waals surface area contributed by atoms with E-state index in [9.17, 15) is 9.59 Å². The normalized spacial score (nSPS) is 14.6. The molecule has 25 heavy (non-hydrogen) atoms. The van der Waals surface area contributed by atoms with Gasteiger partial charge >= 0.3 is 0 Å². The van der Waals surface area contributed by atoms with Crippen molar-refractivity contribution in [2.24, 2.45) is 7.05 Å². The lowest BCUT2D eigenvalue weighted by Crippen LogP contribution is -2.34. The Morgan fingerprint density at radius 3 is 2.84 bits per heavy atom. The van der Waals surface area contributed by atoms with Gasteiger partial charge in [-0.2, -0.15) is 5.10 Å². The molecule has 1 aliphatic rings. The molecule has 3 aromatic rings. The lowest BCUT2D eigenvalue weighted by molar-refractivity contribution is 0.0752. The molecule has 0 fully saturated rings. The maximum atomic E-state index is 12.7. The van der Waals surface area contributed by atoms with Gasteiger partial charge in [-0.15, -0.1) is 11.3 Å². The molecule has 1 aliphatic heterocycles. The quantitative estimate of drug-likeness (QED) is 0.648. The molecule has 0 saturated heterocycles. The number of amides is 1. The molecule has 0 unspecified atom stereocenters. The van der Waals surface area contributed by atoms with Crippen molar-refractivity contribution < 1.29 is 4.79 Å². The zero-order valence-electron chi connectivity index (χ0n) is 13.8. The van der Waals surface area contributed by atoms with Gasteiger partial charge in [0, 0.05) is 44.2 Å². The summed E-state index contributed by atoms with van der Waals surface area (Å²) in [5, 5.41) is 5.13. The highest BCUT2D eigenvalue weighted by molar-refractivity contribution is 7.18. The number of fused-ring (bicyclic) bond motifs is 2. The third kappa shape index (κ3) is 2.75. The van der Waals surface area contributed by atoms with Crippen LogP contribution in [-0.2, 0) is 20.0 Å². The van der Waals surface area contributed by atoms with Crippen LogP contribution in [0.5, 0.6) is 0 Å². The summed E-state index contributed by atoms with van der Waals surface area (Å²) in [6, 6.07) is 1.88. The third-order valence-electron chi connectivity index (χ3n) is 4.33. The first-order valence-corrected chi connectivity index (χ1v) is 9.12. The van der Waals surface area contributed by atoms with Crippen LogP contribution in [0.15, 0.2) is 17.1 Å². The summed E-state index contributed by atoms with van der Waals surface area (Å²) in [7, 11) is 1.72. The highest BCUT2D eigenvalue weighted by Gasteiger charge is 2.25. The Hall–Kier alpha value is -2.19. The van der Waals surface area contributed by atoms with Crippen molar-refractivity contribution in [3.05, 3.63) is 44.0 Å². The molecule has 4 rings (SSSR count). The van der Waals surface area contributed by atoms with Gasteiger partial charge in [-0.1, -0.05) is 11.6 Å². The van der Waals surface area contributed by atoms with Crippen LogP contribution in [0.3, 0.4) is 0 Å². The lowest BCUT2D eigenvalue weighted by Gasteiger charge is -2.18. The molecule has 0 saturated carbocycles. The summed E-state index contributed by atoms with van der Waals surface area (Å²) >= 11 is 7.61. The number of rotatable bonds is 1. The average Bonchev–Trinajstić information content (AvgIpc) is 3.01. The predicted octanol–water partition coefficient (Wildman–Crippen LogP) is 1.85. The fraction of sp³-hybridized carbons (Fsp3) is 0.375. The van der Waals surface area contributed by atoms with E-state index in [-0.39, 0.29) is 17.2 Å². The van der Waals surface area contributed by atoms with Crippen LogP contribution in [0.25, 0.3) is 10.2 Å². The van der Waals surface area contributed by atoms with Crippen LogP contribution in [0.1, 0.15) is 21.2 Å². The van der Waals surface area contributed by atoms with Crippen LogP contribution < -0.4 is 5.56 Å². The Morgan fingerprint density at radius 1 is 1.32 bits per heavy atom. The molecule has 0 bridgehead atoms. The fourth-order valence-electron chi connectivity index (χ4n) is 3.12. The average molecular weight is 378 g/mol. The first kappa shape index (κ1) is 16.3. The van der Waals surface area contributed by atoms with E-state index in [0.29, 0.717) is 36.5 Å². The van der Waals surface area contributed by atoms with E-state index in [1.54, 1.807) is 22.7 Å². The second kappa shape index (κ2) is 5.96. The van der Waals surface area contributed by atoms with E-state index >= 15 is 0 Å². The van der Waals surface area contributed by atoms with E-state index in [2.05, 4.69) is 10.1 Å². The Bertz CT molecular complexity index is 1050. The van der Waals surface area contributed by atoms with E-state index in [4.69, 9.17) is 11.6 Å². The van der Waals surface area contributed by atoms with Crippen molar-refractivity contribution in [3.63, 3.8) is 0 Å². The molecule has 0 aliphatic carbocycles. The third-order valence-corrected chi connectivity index (χ3v) is 5.55. The van der Waals surface area contributed by atoms with E-state index in [0.717, 1.165) is 15.5 Å². The van der Waals surface area contributed by atoms with E-state index in [1.165, 1.54) is 16.0 Å². The van der Waals surface area contributed by atoms with E-state index in [1.807, 2.05) is 13.0 Å². The molecule has 1 amide bonds. The maximum Gasteiger partial charge on any atom is 0.275 e. The van der Waals surface area contributed by atoms with Crippen molar-refractivity contribution in [2.75, 3.05) is 13.1 Å². The number of nitrogens with zero attached hydrogens (tertiary/aromatic N) is 5. The van der Waals surface area contributed by atoms with E-state index < -0.39 is 0 Å². The lowest BCUT2D eigenvalue weighted by atomic mass is 10.3. The summed E-state index contributed by atoms with van der Waals surface area (Å²) in [5.41, 5.74) is 0.210. The minimum atomic E-state index is -0.218. The van der Waals surface area contributed by atoms with Crippen LogP contribution >= 0.6 is 22.9 Å². The van der Waals surface area contributed by atoms with Gasteiger partial charge < -0.3 is 4.90 Å². The standard InChI is InChI=1S/C16H16ClN5O2S/c1-9-7-10-14(25-9)18-12-3-4-21(5-6-22(12)15(10)23)16(24)13-11(17)8-20(2)19-13/h7-8H,3-6H2,1-2H3. The largest absolute Gasteiger partial charge is 0.335 e. The number of hydrogen-bond donors (Lipinski definition) is 0. The Balaban J connectivity index is 1.66. The molecule has 0 atom stereocenters. The van der Waals surface area contributed by atoms with Gasteiger partial charge in [0.05, 0.1) is 10.4 Å². The van der Waals surface area contributed by atoms with Gasteiger partial charge in [0.15, 0.2) is 5.69 Å². The Morgan fingerprint density at radius 2 is 2.12 bits per heavy atom. The number of thiophene rings is 1. The molecule has 3 aromatic heterocycles. The van der Waals surface area contributed by atoms with Gasteiger partial charge in [-0.25, -0.2) is 4.98 Å². The van der Waals surface area contributed by atoms with Crippen molar-refractivity contribution in [3.8, 4) is 0 Å². The highest BCUT2D eigenvalue weighted by atomic mass is 35.5. The Labute approximate surface area is 152 Å². The second-order valence-corrected chi connectivity index (χ2v) is 7.74. The molecular weight excluding hydrogens is 362 g/mol. The number of carbonyl (C=O) groups excluding carboxylic acids is 1. The molecule has 0 spiro atoms.